The lowest BCUT2D eigenvalue weighted by molar-refractivity contribution is 0.102. The molecule has 0 aliphatic carbocycles. The van der Waals surface area contributed by atoms with Crippen LogP contribution in [0.25, 0.3) is 0 Å². The van der Waals surface area contributed by atoms with Crippen molar-refractivity contribution in [3.8, 4) is 0 Å². The summed E-state index contributed by atoms with van der Waals surface area (Å²) in [5.41, 5.74) is 0.108. The monoisotopic (exact) mass is 362 g/mol. The molecule has 0 atom stereocenters. The predicted octanol–water partition coefficient (Wildman–Crippen LogP) is 4.30. The van der Waals surface area contributed by atoms with Crippen molar-refractivity contribution in [3.63, 3.8) is 0 Å². The second-order valence-electron chi connectivity index (χ2n) is 4.24. The molecule has 0 N–H and O–H groups in total. The van der Waals surface area contributed by atoms with Gasteiger partial charge < -0.3 is 0 Å². The van der Waals surface area contributed by atoms with Crippen LogP contribution in [-0.4, -0.2) is 20.0 Å². The quantitative estimate of drug-likeness (QED) is 0.761. The molecular weight excluding hydrogens is 355 g/mol. The molecule has 0 aliphatic rings. The number of sulfone groups is 1. The number of carbonyl (C=O) groups is 1. The molecule has 0 aromatic heterocycles. The van der Waals surface area contributed by atoms with Crippen molar-refractivity contribution >= 4 is 50.4 Å². The Kier molecular flexibility index (Phi) is 4.94. The Morgan fingerprint density at radius 1 is 0.952 bits per heavy atom. The highest BCUT2D eigenvalue weighted by molar-refractivity contribution is 7.92. The normalized spacial score (nSPS) is 11.4. The van der Waals surface area contributed by atoms with Gasteiger partial charge in [-0.25, -0.2) is 8.42 Å². The molecule has 2 aromatic carbocycles. The smallest absolute Gasteiger partial charge is 0.187 e. The predicted molar refractivity (Wildman–Crippen MR) is 84.3 cm³/mol. The maximum Gasteiger partial charge on any atom is 0.187 e. The van der Waals surface area contributed by atoms with Gasteiger partial charge >= 0.3 is 0 Å². The lowest BCUT2D eigenvalue weighted by atomic mass is 10.1. The van der Waals surface area contributed by atoms with E-state index in [9.17, 15) is 13.2 Å². The van der Waals surface area contributed by atoms with E-state index in [1.165, 1.54) is 30.3 Å². The van der Waals surface area contributed by atoms with Crippen LogP contribution in [0.3, 0.4) is 0 Å². The minimum absolute atomic E-state index is 0.0764. The highest BCUT2D eigenvalue weighted by Crippen LogP contribution is 2.25. The summed E-state index contributed by atoms with van der Waals surface area (Å²) in [7, 11) is -3.84. The lowest BCUT2D eigenvalue weighted by Gasteiger charge is -2.07. The van der Waals surface area contributed by atoms with Gasteiger partial charge in [0.1, 0.15) is 5.75 Å². The number of ketones is 1. The number of Topliss-reactive ketones (excluding diaryl/α,β-unsaturated/α-hetero) is 1. The van der Waals surface area contributed by atoms with Gasteiger partial charge in [-0.3, -0.25) is 4.79 Å². The molecule has 0 bridgehead atoms. The van der Waals surface area contributed by atoms with Crippen molar-refractivity contribution in [2.75, 3.05) is 5.75 Å². The van der Waals surface area contributed by atoms with Gasteiger partial charge in [0.25, 0.3) is 0 Å². The first kappa shape index (κ1) is 16.3. The largest absolute Gasteiger partial charge is 0.293 e. The van der Waals surface area contributed by atoms with Gasteiger partial charge in [-0.2, -0.15) is 0 Å². The SMILES string of the molecule is O=C(CS(=O)(=O)c1ccccc1Cl)c1ccc(Cl)cc1Cl. The Morgan fingerprint density at radius 2 is 1.62 bits per heavy atom. The highest BCUT2D eigenvalue weighted by atomic mass is 35.5. The zero-order valence-corrected chi connectivity index (χ0v) is 13.6. The Hall–Kier alpha value is -1.07. The van der Waals surface area contributed by atoms with E-state index in [4.69, 9.17) is 34.8 Å². The first-order valence-electron chi connectivity index (χ1n) is 5.77. The van der Waals surface area contributed by atoms with E-state index in [0.717, 1.165) is 0 Å². The first-order valence-corrected chi connectivity index (χ1v) is 8.55. The van der Waals surface area contributed by atoms with Gasteiger partial charge in [0, 0.05) is 10.6 Å². The molecule has 3 nitrogen and oxygen atoms in total. The van der Waals surface area contributed by atoms with Gasteiger partial charge in [0.05, 0.1) is 14.9 Å². The molecule has 2 rings (SSSR count). The van der Waals surface area contributed by atoms with Crippen molar-refractivity contribution in [1.82, 2.24) is 0 Å². The van der Waals surface area contributed by atoms with Gasteiger partial charge in [-0.1, -0.05) is 46.9 Å². The van der Waals surface area contributed by atoms with Crippen LogP contribution in [0.5, 0.6) is 0 Å². The van der Waals surface area contributed by atoms with Gasteiger partial charge in [0.2, 0.25) is 0 Å². The molecule has 0 saturated carbocycles. The Morgan fingerprint density at radius 3 is 2.24 bits per heavy atom. The third-order valence-electron chi connectivity index (χ3n) is 2.72. The Labute approximate surface area is 137 Å². The number of hydrogen-bond acceptors (Lipinski definition) is 3. The summed E-state index contributed by atoms with van der Waals surface area (Å²) >= 11 is 17.5. The first-order chi connectivity index (χ1) is 9.81. The second-order valence-corrected chi connectivity index (χ2v) is 7.45. The van der Waals surface area contributed by atoms with Crippen LogP contribution in [0.1, 0.15) is 10.4 Å². The van der Waals surface area contributed by atoms with E-state index in [1.807, 2.05) is 0 Å². The molecule has 0 fully saturated rings. The number of carbonyl (C=O) groups excluding carboxylic acids is 1. The number of hydrogen-bond donors (Lipinski definition) is 0. The zero-order chi connectivity index (χ0) is 15.6. The van der Waals surface area contributed by atoms with Crippen molar-refractivity contribution < 1.29 is 13.2 Å². The van der Waals surface area contributed by atoms with Crippen molar-refractivity contribution in [1.29, 1.82) is 0 Å². The Bertz CT molecular complexity index is 801. The summed E-state index contributed by atoms with van der Waals surface area (Å²) in [4.78, 5) is 12.0. The van der Waals surface area contributed by atoms with E-state index in [-0.39, 0.29) is 20.5 Å². The number of halogens is 3. The molecule has 0 heterocycles. The fraction of sp³-hybridized carbons (Fsp3) is 0.0714. The average molecular weight is 364 g/mol. The molecule has 21 heavy (non-hydrogen) atoms. The molecular formula is C14H9Cl3O3S. The summed E-state index contributed by atoms with van der Waals surface area (Å²) in [5, 5.41) is 0.555. The van der Waals surface area contributed by atoms with Crippen LogP contribution in [0, 0.1) is 0 Å². The van der Waals surface area contributed by atoms with Crippen LogP contribution in [0.4, 0.5) is 0 Å². The zero-order valence-electron chi connectivity index (χ0n) is 10.5. The Balaban J connectivity index is 2.33. The molecule has 0 unspecified atom stereocenters. The molecule has 2 aromatic rings. The summed E-state index contributed by atoms with van der Waals surface area (Å²) in [6.45, 7) is 0. The molecule has 0 aliphatic heterocycles. The summed E-state index contributed by atoms with van der Waals surface area (Å²) in [5.74, 6) is -1.32. The molecule has 0 saturated heterocycles. The fourth-order valence-corrected chi connectivity index (χ4v) is 4.05. The molecule has 0 radical (unpaired) electrons. The highest BCUT2D eigenvalue weighted by Gasteiger charge is 2.23. The summed E-state index contributed by atoms with van der Waals surface area (Å²) in [6, 6.07) is 10.2. The number of benzene rings is 2. The van der Waals surface area contributed by atoms with Crippen molar-refractivity contribution in [2.45, 2.75) is 4.90 Å². The lowest BCUT2D eigenvalue weighted by Crippen LogP contribution is -2.17. The molecule has 110 valence electrons. The maximum atomic E-state index is 12.2. The van der Waals surface area contributed by atoms with Crippen LogP contribution in [-0.2, 0) is 9.84 Å². The topological polar surface area (TPSA) is 51.2 Å². The maximum absolute atomic E-state index is 12.2. The van der Waals surface area contributed by atoms with E-state index in [1.54, 1.807) is 12.1 Å². The molecule has 0 amide bonds. The van der Waals surface area contributed by atoms with Crippen molar-refractivity contribution in [3.05, 3.63) is 63.1 Å². The second kappa shape index (κ2) is 6.36. The van der Waals surface area contributed by atoms with Gasteiger partial charge in [0.15, 0.2) is 15.6 Å². The van der Waals surface area contributed by atoms with E-state index >= 15 is 0 Å². The summed E-state index contributed by atoms with van der Waals surface area (Å²) < 4.78 is 24.5. The molecule has 0 spiro atoms. The van der Waals surface area contributed by atoms with Crippen molar-refractivity contribution in [2.24, 2.45) is 0 Å². The number of rotatable bonds is 4. The van der Waals surface area contributed by atoms with Gasteiger partial charge in [-0.05, 0) is 30.3 Å². The standard InChI is InChI=1S/C14H9Cl3O3S/c15-9-5-6-10(12(17)7-9)13(18)8-21(19,20)14-4-2-1-3-11(14)16/h1-7H,8H2. The van der Waals surface area contributed by atoms with Gasteiger partial charge in [-0.15, -0.1) is 0 Å². The van der Waals surface area contributed by atoms with Crippen LogP contribution >= 0.6 is 34.8 Å². The minimum atomic E-state index is -3.84. The van der Waals surface area contributed by atoms with E-state index in [2.05, 4.69) is 0 Å². The molecule has 7 heteroatoms. The third kappa shape index (κ3) is 3.77. The minimum Gasteiger partial charge on any atom is -0.293 e. The van der Waals surface area contributed by atoms with Crippen LogP contribution < -0.4 is 0 Å². The average Bonchev–Trinajstić information content (AvgIpc) is 2.38. The van der Waals surface area contributed by atoms with E-state index < -0.39 is 21.4 Å². The van der Waals surface area contributed by atoms with Crippen LogP contribution in [0.2, 0.25) is 15.1 Å². The van der Waals surface area contributed by atoms with Crippen LogP contribution in [0.15, 0.2) is 47.4 Å². The van der Waals surface area contributed by atoms with E-state index in [0.29, 0.717) is 5.02 Å². The summed E-state index contributed by atoms with van der Waals surface area (Å²) in [6.07, 6.45) is 0. The third-order valence-corrected chi connectivity index (χ3v) is 5.38. The fourth-order valence-electron chi connectivity index (χ4n) is 1.74.